The van der Waals surface area contributed by atoms with Crippen molar-refractivity contribution in [1.82, 2.24) is 14.7 Å². The number of aryl methyl sites for hydroxylation is 1. The summed E-state index contributed by atoms with van der Waals surface area (Å²) < 4.78 is 7.05. The van der Waals surface area contributed by atoms with Gasteiger partial charge in [0, 0.05) is 12.6 Å². The van der Waals surface area contributed by atoms with Crippen molar-refractivity contribution in [2.45, 2.75) is 26.4 Å². The topological polar surface area (TPSA) is 63.3 Å². The summed E-state index contributed by atoms with van der Waals surface area (Å²) in [5.41, 5.74) is 0. The van der Waals surface area contributed by atoms with Gasteiger partial charge in [-0.1, -0.05) is 6.92 Å². The minimum Gasteiger partial charge on any atom is -0.468 e. The van der Waals surface area contributed by atoms with E-state index in [1.807, 2.05) is 24.1 Å². The number of hydrogen-bond donors (Lipinski definition) is 1. The van der Waals surface area contributed by atoms with Gasteiger partial charge in [-0.25, -0.2) is 4.68 Å². The molecule has 0 aromatic carbocycles. The van der Waals surface area contributed by atoms with Crippen LogP contribution in [0.15, 0.2) is 35.1 Å². The Morgan fingerprint density at radius 2 is 2.35 bits per heavy atom. The maximum atomic E-state index is 12.0. The van der Waals surface area contributed by atoms with Crippen molar-refractivity contribution in [3.63, 3.8) is 0 Å². The molecule has 2 rings (SSSR count). The SMILES string of the molecule is CCCn1nccc1NC(=O)CN(C)Cc1ccco1. The maximum Gasteiger partial charge on any atom is 0.239 e. The molecule has 0 atom stereocenters. The van der Waals surface area contributed by atoms with E-state index in [1.54, 1.807) is 23.2 Å². The molecule has 0 aliphatic rings. The summed E-state index contributed by atoms with van der Waals surface area (Å²) in [5, 5.41) is 7.05. The molecule has 2 heterocycles. The van der Waals surface area contributed by atoms with Crippen LogP contribution < -0.4 is 5.32 Å². The predicted octanol–water partition coefficient (Wildman–Crippen LogP) is 1.96. The van der Waals surface area contributed by atoms with Crippen LogP contribution in [0.1, 0.15) is 19.1 Å². The lowest BCUT2D eigenvalue weighted by atomic mass is 10.4. The Morgan fingerprint density at radius 3 is 3.05 bits per heavy atom. The minimum atomic E-state index is -0.0584. The number of carbonyl (C=O) groups excluding carboxylic acids is 1. The summed E-state index contributed by atoms with van der Waals surface area (Å²) in [4.78, 5) is 13.9. The number of anilines is 1. The summed E-state index contributed by atoms with van der Waals surface area (Å²) in [6.07, 6.45) is 4.30. The van der Waals surface area contributed by atoms with E-state index < -0.39 is 0 Å². The molecule has 0 aliphatic heterocycles. The molecule has 0 spiro atoms. The summed E-state index contributed by atoms with van der Waals surface area (Å²) in [5.74, 6) is 1.52. The van der Waals surface area contributed by atoms with Crippen LogP contribution in [0.4, 0.5) is 5.82 Å². The van der Waals surface area contributed by atoms with Crippen molar-refractivity contribution in [3.05, 3.63) is 36.4 Å². The van der Waals surface area contributed by atoms with Crippen LogP contribution in [0.2, 0.25) is 0 Å². The molecular weight excluding hydrogens is 256 g/mol. The fourth-order valence-electron chi connectivity index (χ4n) is 1.98. The maximum absolute atomic E-state index is 12.0. The van der Waals surface area contributed by atoms with Gasteiger partial charge in [-0.2, -0.15) is 5.10 Å². The van der Waals surface area contributed by atoms with Crippen LogP contribution in [0.3, 0.4) is 0 Å². The van der Waals surface area contributed by atoms with Gasteiger partial charge in [0.05, 0.1) is 25.5 Å². The highest BCUT2D eigenvalue weighted by Gasteiger charge is 2.10. The quantitative estimate of drug-likeness (QED) is 0.839. The molecule has 0 aliphatic carbocycles. The fourth-order valence-corrected chi connectivity index (χ4v) is 1.98. The molecule has 0 fully saturated rings. The van der Waals surface area contributed by atoms with Crippen molar-refractivity contribution < 1.29 is 9.21 Å². The number of nitrogens with one attached hydrogen (secondary N) is 1. The third-order valence-corrected chi connectivity index (χ3v) is 2.84. The van der Waals surface area contributed by atoms with E-state index in [-0.39, 0.29) is 5.91 Å². The molecule has 1 N–H and O–H groups in total. The van der Waals surface area contributed by atoms with Crippen molar-refractivity contribution in [2.24, 2.45) is 0 Å². The van der Waals surface area contributed by atoms with Crippen molar-refractivity contribution >= 4 is 11.7 Å². The molecule has 108 valence electrons. The molecule has 20 heavy (non-hydrogen) atoms. The number of nitrogens with zero attached hydrogens (tertiary/aromatic N) is 3. The zero-order valence-corrected chi connectivity index (χ0v) is 11.9. The number of aromatic nitrogens is 2. The third-order valence-electron chi connectivity index (χ3n) is 2.84. The number of hydrogen-bond acceptors (Lipinski definition) is 4. The van der Waals surface area contributed by atoms with Crippen LogP contribution in [-0.2, 0) is 17.9 Å². The van der Waals surface area contributed by atoms with Crippen LogP contribution in [0.25, 0.3) is 0 Å². The van der Waals surface area contributed by atoms with Gasteiger partial charge in [-0.3, -0.25) is 9.69 Å². The lowest BCUT2D eigenvalue weighted by Crippen LogP contribution is -2.30. The Hall–Kier alpha value is -2.08. The standard InChI is InChI=1S/C14H20N4O2/c1-3-8-18-13(6-7-15-18)16-14(19)11-17(2)10-12-5-4-9-20-12/h4-7,9H,3,8,10-11H2,1-2H3,(H,16,19). The average molecular weight is 276 g/mol. The Kier molecular flexibility index (Phi) is 4.95. The number of rotatable bonds is 7. The summed E-state index contributed by atoms with van der Waals surface area (Å²) in [6, 6.07) is 5.54. The lowest BCUT2D eigenvalue weighted by molar-refractivity contribution is -0.117. The van der Waals surface area contributed by atoms with Crippen LogP contribution >= 0.6 is 0 Å². The van der Waals surface area contributed by atoms with Crippen LogP contribution in [0.5, 0.6) is 0 Å². The van der Waals surface area contributed by atoms with Crippen molar-refractivity contribution in [3.8, 4) is 0 Å². The second kappa shape index (κ2) is 6.91. The molecule has 1 amide bonds. The summed E-state index contributed by atoms with van der Waals surface area (Å²) in [6.45, 7) is 3.78. The molecule has 6 heteroatoms. The zero-order chi connectivity index (χ0) is 14.4. The molecule has 0 bridgehead atoms. The van der Waals surface area contributed by atoms with E-state index in [0.29, 0.717) is 13.1 Å². The number of amides is 1. The highest BCUT2D eigenvalue weighted by Crippen LogP contribution is 2.08. The number of likely N-dealkylation sites (N-methyl/N-ethyl adjacent to an activating group) is 1. The van der Waals surface area contributed by atoms with Gasteiger partial charge < -0.3 is 9.73 Å². The van der Waals surface area contributed by atoms with Crippen molar-refractivity contribution in [1.29, 1.82) is 0 Å². The highest BCUT2D eigenvalue weighted by molar-refractivity contribution is 5.91. The van der Waals surface area contributed by atoms with E-state index in [9.17, 15) is 4.79 Å². The third kappa shape index (κ3) is 3.96. The van der Waals surface area contributed by atoms with Gasteiger partial charge in [-0.15, -0.1) is 0 Å². The molecule has 6 nitrogen and oxygen atoms in total. The summed E-state index contributed by atoms with van der Waals surface area (Å²) in [7, 11) is 1.88. The molecule has 2 aromatic heterocycles. The van der Waals surface area contributed by atoms with Crippen LogP contribution in [-0.4, -0.2) is 34.2 Å². The number of carbonyl (C=O) groups is 1. The Morgan fingerprint density at radius 1 is 1.50 bits per heavy atom. The monoisotopic (exact) mass is 276 g/mol. The first-order valence-electron chi connectivity index (χ1n) is 6.71. The normalized spacial score (nSPS) is 10.9. The predicted molar refractivity (Wildman–Crippen MR) is 76.2 cm³/mol. The largest absolute Gasteiger partial charge is 0.468 e. The highest BCUT2D eigenvalue weighted by atomic mass is 16.3. The first-order valence-corrected chi connectivity index (χ1v) is 6.71. The smallest absolute Gasteiger partial charge is 0.239 e. The van der Waals surface area contributed by atoms with Gasteiger partial charge >= 0.3 is 0 Å². The van der Waals surface area contributed by atoms with Gasteiger partial charge in [0.25, 0.3) is 0 Å². The minimum absolute atomic E-state index is 0.0584. The molecule has 2 aromatic rings. The van der Waals surface area contributed by atoms with Gasteiger partial charge in [0.1, 0.15) is 11.6 Å². The molecule has 0 saturated heterocycles. The van der Waals surface area contributed by atoms with E-state index in [4.69, 9.17) is 4.42 Å². The summed E-state index contributed by atoms with van der Waals surface area (Å²) >= 11 is 0. The molecular formula is C14H20N4O2. The van der Waals surface area contributed by atoms with Crippen molar-refractivity contribution in [2.75, 3.05) is 18.9 Å². The van der Waals surface area contributed by atoms with E-state index >= 15 is 0 Å². The molecule has 0 radical (unpaired) electrons. The van der Waals surface area contributed by atoms with E-state index in [2.05, 4.69) is 17.3 Å². The Bertz CT molecular complexity index is 533. The zero-order valence-electron chi connectivity index (χ0n) is 11.9. The Balaban J connectivity index is 1.84. The van der Waals surface area contributed by atoms with Gasteiger partial charge in [-0.05, 0) is 25.6 Å². The van der Waals surface area contributed by atoms with E-state index in [0.717, 1.165) is 24.5 Å². The van der Waals surface area contributed by atoms with E-state index in [1.165, 1.54) is 0 Å². The second-order valence-corrected chi connectivity index (χ2v) is 4.74. The fraction of sp³-hybridized carbons (Fsp3) is 0.429. The number of furan rings is 1. The lowest BCUT2D eigenvalue weighted by Gasteiger charge is -2.15. The molecule has 0 saturated carbocycles. The first-order chi connectivity index (χ1) is 9.69. The second-order valence-electron chi connectivity index (χ2n) is 4.74. The van der Waals surface area contributed by atoms with Crippen LogP contribution in [0, 0.1) is 0 Å². The average Bonchev–Trinajstić information content (AvgIpc) is 3.02. The van der Waals surface area contributed by atoms with Gasteiger partial charge in [0.2, 0.25) is 5.91 Å². The first kappa shape index (κ1) is 14.3. The van der Waals surface area contributed by atoms with Gasteiger partial charge in [0.15, 0.2) is 0 Å². The Labute approximate surface area is 118 Å². The molecule has 0 unspecified atom stereocenters.